The third-order valence-electron chi connectivity index (χ3n) is 3.19. The molecule has 2 heterocycles. The number of ether oxygens (including phenoxy) is 1. The summed E-state index contributed by atoms with van der Waals surface area (Å²) in [5.74, 6) is 0. The van der Waals surface area contributed by atoms with Crippen molar-refractivity contribution in [2.45, 2.75) is 12.5 Å². The molecule has 0 bridgehead atoms. The SMILES string of the molecule is COC[C@@H](c1ccccn1)N(C)CCc1cn[nH]c1. The summed E-state index contributed by atoms with van der Waals surface area (Å²) in [4.78, 5) is 6.69. The summed E-state index contributed by atoms with van der Waals surface area (Å²) in [7, 11) is 3.82. The van der Waals surface area contributed by atoms with E-state index >= 15 is 0 Å². The van der Waals surface area contributed by atoms with Crippen molar-refractivity contribution >= 4 is 0 Å². The Morgan fingerprint density at radius 2 is 2.32 bits per heavy atom. The van der Waals surface area contributed by atoms with E-state index in [0.717, 1.165) is 18.7 Å². The normalized spacial score (nSPS) is 12.8. The van der Waals surface area contributed by atoms with Crippen molar-refractivity contribution in [2.24, 2.45) is 0 Å². The molecule has 0 aliphatic heterocycles. The van der Waals surface area contributed by atoms with E-state index in [0.29, 0.717) is 6.61 Å². The summed E-state index contributed by atoms with van der Waals surface area (Å²) < 4.78 is 5.32. The molecule has 0 aromatic carbocycles. The van der Waals surface area contributed by atoms with Crippen molar-refractivity contribution in [3.63, 3.8) is 0 Å². The van der Waals surface area contributed by atoms with Gasteiger partial charge in [-0.15, -0.1) is 0 Å². The molecule has 2 aromatic heterocycles. The first-order valence-electron chi connectivity index (χ1n) is 6.39. The molecule has 0 fully saturated rings. The molecule has 0 saturated heterocycles. The van der Waals surface area contributed by atoms with E-state index in [2.05, 4.69) is 27.1 Å². The molecule has 0 radical (unpaired) electrons. The Labute approximate surface area is 113 Å². The molecule has 5 nitrogen and oxygen atoms in total. The van der Waals surface area contributed by atoms with E-state index in [1.807, 2.05) is 36.8 Å². The van der Waals surface area contributed by atoms with Crippen molar-refractivity contribution in [1.82, 2.24) is 20.1 Å². The number of rotatable bonds is 7. The zero-order chi connectivity index (χ0) is 13.5. The van der Waals surface area contributed by atoms with Gasteiger partial charge in [0.05, 0.1) is 24.5 Å². The van der Waals surface area contributed by atoms with Gasteiger partial charge in [0.25, 0.3) is 0 Å². The molecule has 1 N–H and O–H groups in total. The topological polar surface area (TPSA) is 54.0 Å². The van der Waals surface area contributed by atoms with Crippen molar-refractivity contribution in [3.8, 4) is 0 Å². The quantitative estimate of drug-likeness (QED) is 0.822. The Hall–Kier alpha value is -1.72. The predicted molar refractivity (Wildman–Crippen MR) is 73.8 cm³/mol. The molecule has 5 heteroatoms. The van der Waals surface area contributed by atoms with Gasteiger partial charge in [-0.05, 0) is 31.2 Å². The van der Waals surface area contributed by atoms with Crippen LogP contribution in [0.25, 0.3) is 0 Å². The number of H-pyrrole nitrogens is 1. The van der Waals surface area contributed by atoms with E-state index < -0.39 is 0 Å². The summed E-state index contributed by atoms with van der Waals surface area (Å²) in [5, 5.41) is 6.79. The summed E-state index contributed by atoms with van der Waals surface area (Å²) >= 11 is 0. The molecule has 2 aromatic rings. The van der Waals surface area contributed by atoms with E-state index in [1.165, 1.54) is 5.56 Å². The Morgan fingerprint density at radius 1 is 1.42 bits per heavy atom. The van der Waals surface area contributed by atoms with Crippen LogP contribution in [0.2, 0.25) is 0 Å². The van der Waals surface area contributed by atoms with Crippen LogP contribution in [0.4, 0.5) is 0 Å². The number of hydrogen-bond donors (Lipinski definition) is 1. The predicted octanol–water partition coefficient (Wildman–Crippen LogP) is 1.67. The van der Waals surface area contributed by atoms with Crippen LogP contribution in [0.15, 0.2) is 36.8 Å². The lowest BCUT2D eigenvalue weighted by Gasteiger charge is -2.26. The third kappa shape index (κ3) is 3.87. The van der Waals surface area contributed by atoms with E-state index in [1.54, 1.807) is 7.11 Å². The van der Waals surface area contributed by atoms with Gasteiger partial charge in [0.2, 0.25) is 0 Å². The molecular formula is C14H20N4O. The van der Waals surface area contributed by atoms with E-state index in [9.17, 15) is 0 Å². The van der Waals surface area contributed by atoms with Crippen LogP contribution in [0.3, 0.4) is 0 Å². The Bertz CT molecular complexity index is 458. The van der Waals surface area contributed by atoms with Crippen LogP contribution in [0.1, 0.15) is 17.3 Å². The fourth-order valence-corrected chi connectivity index (χ4v) is 2.05. The Balaban J connectivity index is 1.98. The van der Waals surface area contributed by atoms with Crippen LogP contribution < -0.4 is 0 Å². The molecular weight excluding hydrogens is 240 g/mol. The molecule has 0 amide bonds. The van der Waals surface area contributed by atoms with Gasteiger partial charge >= 0.3 is 0 Å². The van der Waals surface area contributed by atoms with Crippen molar-refractivity contribution in [2.75, 3.05) is 27.3 Å². The van der Waals surface area contributed by atoms with Crippen LogP contribution in [-0.4, -0.2) is 47.4 Å². The van der Waals surface area contributed by atoms with Gasteiger partial charge in [-0.2, -0.15) is 5.10 Å². The van der Waals surface area contributed by atoms with Crippen LogP contribution >= 0.6 is 0 Å². The number of methoxy groups -OCH3 is 1. The maximum Gasteiger partial charge on any atom is 0.0755 e. The minimum atomic E-state index is 0.179. The second kappa shape index (κ2) is 7.01. The fourth-order valence-electron chi connectivity index (χ4n) is 2.05. The molecule has 19 heavy (non-hydrogen) atoms. The first kappa shape index (κ1) is 13.7. The van der Waals surface area contributed by atoms with E-state index in [4.69, 9.17) is 4.74 Å². The first-order valence-corrected chi connectivity index (χ1v) is 6.39. The molecule has 2 rings (SSSR count). The van der Waals surface area contributed by atoms with Crippen LogP contribution in [-0.2, 0) is 11.2 Å². The molecule has 1 atom stereocenters. The third-order valence-corrected chi connectivity index (χ3v) is 3.19. The van der Waals surface area contributed by atoms with Crippen molar-refractivity contribution in [1.29, 1.82) is 0 Å². The Morgan fingerprint density at radius 3 is 2.95 bits per heavy atom. The largest absolute Gasteiger partial charge is 0.383 e. The maximum atomic E-state index is 5.32. The molecule has 102 valence electrons. The zero-order valence-electron chi connectivity index (χ0n) is 11.4. The minimum Gasteiger partial charge on any atom is -0.383 e. The number of aromatic amines is 1. The smallest absolute Gasteiger partial charge is 0.0755 e. The molecule has 0 spiro atoms. The second-order valence-corrected chi connectivity index (χ2v) is 4.56. The lowest BCUT2D eigenvalue weighted by molar-refractivity contribution is 0.105. The minimum absolute atomic E-state index is 0.179. The van der Waals surface area contributed by atoms with Gasteiger partial charge in [0.15, 0.2) is 0 Å². The summed E-state index contributed by atoms with van der Waals surface area (Å²) in [6.07, 6.45) is 6.57. The number of pyridine rings is 1. The number of nitrogens with zero attached hydrogens (tertiary/aromatic N) is 3. The summed E-state index contributed by atoms with van der Waals surface area (Å²) in [5.41, 5.74) is 2.25. The highest BCUT2D eigenvalue weighted by atomic mass is 16.5. The maximum absolute atomic E-state index is 5.32. The zero-order valence-corrected chi connectivity index (χ0v) is 11.4. The van der Waals surface area contributed by atoms with Gasteiger partial charge in [0, 0.05) is 26.0 Å². The fraction of sp³-hybridized carbons (Fsp3) is 0.429. The van der Waals surface area contributed by atoms with Gasteiger partial charge < -0.3 is 4.74 Å². The average molecular weight is 260 g/mol. The number of likely N-dealkylation sites (N-methyl/N-ethyl adjacent to an activating group) is 1. The van der Waals surface area contributed by atoms with Crippen LogP contribution in [0.5, 0.6) is 0 Å². The number of nitrogens with one attached hydrogen (secondary N) is 1. The van der Waals surface area contributed by atoms with E-state index in [-0.39, 0.29) is 6.04 Å². The van der Waals surface area contributed by atoms with Gasteiger partial charge in [0.1, 0.15) is 0 Å². The summed E-state index contributed by atoms with van der Waals surface area (Å²) in [6.45, 7) is 1.57. The van der Waals surface area contributed by atoms with Gasteiger partial charge in [-0.3, -0.25) is 15.0 Å². The Kier molecular flexibility index (Phi) is 5.06. The van der Waals surface area contributed by atoms with Gasteiger partial charge in [-0.25, -0.2) is 0 Å². The highest BCUT2D eigenvalue weighted by molar-refractivity contribution is 5.09. The molecule has 0 saturated carbocycles. The monoisotopic (exact) mass is 260 g/mol. The first-order chi connectivity index (χ1) is 9.31. The van der Waals surface area contributed by atoms with Crippen LogP contribution in [0, 0.1) is 0 Å². The lowest BCUT2D eigenvalue weighted by Crippen LogP contribution is -2.30. The average Bonchev–Trinajstić information content (AvgIpc) is 2.96. The molecule has 0 aliphatic carbocycles. The van der Waals surface area contributed by atoms with Crippen molar-refractivity contribution in [3.05, 3.63) is 48.0 Å². The standard InChI is InChI=1S/C14H20N4O/c1-18(8-6-12-9-16-17-10-12)14(11-19-2)13-5-3-4-7-15-13/h3-5,7,9-10,14H,6,8,11H2,1-2H3,(H,16,17)/t14-/m0/s1. The molecule has 0 unspecified atom stereocenters. The summed E-state index contributed by atoms with van der Waals surface area (Å²) in [6, 6.07) is 6.16. The highest BCUT2D eigenvalue weighted by Crippen LogP contribution is 2.17. The molecule has 0 aliphatic rings. The lowest BCUT2D eigenvalue weighted by atomic mass is 10.1. The number of aromatic nitrogens is 3. The van der Waals surface area contributed by atoms with Gasteiger partial charge in [-0.1, -0.05) is 6.07 Å². The highest BCUT2D eigenvalue weighted by Gasteiger charge is 2.17. The van der Waals surface area contributed by atoms with Crippen molar-refractivity contribution < 1.29 is 4.74 Å². The second-order valence-electron chi connectivity index (χ2n) is 4.56. The number of hydrogen-bond acceptors (Lipinski definition) is 4.